The van der Waals surface area contributed by atoms with Crippen LogP contribution in [0.25, 0.3) is 0 Å². The van der Waals surface area contributed by atoms with Crippen molar-refractivity contribution in [1.82, 2.24) is 4.90 Å². The predicted molar refractivity (Wildman–Crippen MR) is 58.6 cm³/mol. The third kappa shape index (κ3) is 3.30. The Labute approximate surface area is 88.6 Å². The zero-order valence-corrected chi connectivity index (χ0v) is 8.88. The van der Waals surface area contributed by atoms with Gasteiger partial charge in [-0.2, -0.15) is 0 Å². The van der Waals surface area contributed by atoms with Gasteiger partial charge in [0.1, 0.15) is 0 Å². The van der Waals surface area contributed by atoms with E-state index in [0.29, 0.717) is 6.54 Å². The lowest BCUT2D eigenvalue weighted by molar-refractivity contribution is -0.384. The van der Waals surface area contributed by atoms with E-state index in [-0.39, 0.29) is 11.7 Å². The van der Waals surface area contributed by atoms with Gasteiger partial charge in [0, 0.05) is 24.7 Å². The van der Waals surface area contributed by atoms with Gasteiger partial charge in [-0.15, -0.1) is 0 Å². The average Bonchev–Trinajstić information content (AvgIpc) is 2.17. The summed E-state index contributed by atoms with van der Waals surface area (Å²) in [5, 5.41) is 10.6. The molecule has 0 saturated heterocycles. The molecule has 1 atom stereocenters. The molecule has 0 amide bonds. The van der Waals surface area contributed by atoms with Gasteiger partial charge in [0.05, 0.1) is 4.92 Å². The van der Waals surface area contributed by atoms with Crippen molar-refractivity contribution in [2.75, 3.05) is 20.6 Å². The Hall–Kier alpha value is -1.46. The van der Waals surface area contributed by atoms with Gasteiger partial charge in [-0.1, -0.05) is 12.1 Å². The second-order valence-corrected chi connectivity index (χ2v) is 3.72. The lowest BCUT2D eigenvalue weighted by Crippen LogP contribution is -2.25. The van der Waals surface area contributed by atoms with Crippen LogP contribution in [-0.2, 0) is 0 Å². The highest BCUT2D eigenvalue weighted by Crippen LogP contribution is 2.17. The molecule has 1 aromatic carbocycles. The first-order chi connectivity index (χ1) is 7.00. The molecule has 15 heavy (non-hydrogen) atoms. The van der Waals surface area contributed by atoms with Gasteiger partial charge in [0.15, 0.2) is 0 Å². The lowest BCUT2D eigenvalue weighted by Gasteiger charge is -2.16. The van der Waals surface area contributed by atoms with E-state index in [0.717, 1.165) is 5.56 Å². The second-order valence-electron chi connectivity index (χ2n) is 3.72. The van der Waals surface area contributed by atoms with Crippen molar-refractivity contribution < 1.29 is 4.92 Å². The first kappa shape index (κ1) is 11.6. The molecule has 1 rings (SSSR count). The molecule has 0 radical (unpaired) electrons. The fourth-order valence-corrected chi connectivity index (χ4v) is 1.37. The number of hydrogen-bond donors (Lipinski definition) is 1. The van der Waals surface area contributed by atoms with Crippen LogP contribution in [0.15, 0.2) is 24.3 Å². The van der Waals surface area contributed by atoms with E-state index in [9.17, 15) is 10.1 Å². The van der Waals surface area contributed by atoms with Gasteiger partial charge in [-0.3, -0.25) is 10.1 Å². The molecule has 0 saturated carbocycles. The van der Waals surface area contributed by atoms with Crippen LogP contribution in [-0.4, -0.2) is 30.5 Å². The van der Waals surface area contributed by atoms with Crippen molar-refractivity contribution in [1.29, 1.82) is 0 Å². The minimum Gasteiger partial charge on any atom is -0.323 e. The summed E-state index contributed by atoms with van der Waals surface area (Å²) in [6, 6.07) is 6.25. The summed E-state index contributed by atoms with van der Waals surface area (Å²) >= 11 is 0. The Morgan fingerprint density at radius 1 is 1.53 bits per heavy atom. The molecule has 0 bridgehead atoms. The minimum atomic E-state index is -0.411. The Balaban J connectivity index is 2.85. The SMILES string of the molecule is CN(C)CC(N)c1cccc([N+](=O)[O-])c1. The maximum Gasteiger partial charge on any atom is 0.269 e. The Morgan fingerprint density at radius 2 is 2.20 bits per heavy atom. The number of benzene rings is 1. The topological polar surface area (TPSA) is 72.4 Å². The molecule has 1 unspecified atom stereocenters. The average molecular weight is 209 g/mol. The molecule has 5 heteroatoms. The molecule has 0 aliphatic heterocycles. The molecular formula is C10H15N3O2. The van der Waals surface area contributed by atoms with Crippen LogP contribution in [0.2, 0.25) is 0 Å². The molecule has 0 heterocycles. The largest absolute Gasteiger partial charge is 0.323 e. The van der Waals surface area contributed by atoms with E-state index < -0.39 is 4.92 Å². The van der Waals surface area contributed by atoms with Crippen molar-refractivity contribution in [3.05, 3.63) is 39.9 Å². The number of likely N-dealkylation sites (N-methyl/N-ethyl adjacent to an activating group) is 1. The van der Waals surface area contributed by atoms with Gasteiger partial charge < -0.3 is 10.6 Å². The monoisotopic (exact) mass is 209 g/mol. The van der Waals surface area contributed by atoms with Crippen LogP contribution in [0.3, 0.4) is 0 Å². The Morgan fingerprint density at radius 3 is 2.73 bits per heavy atom. The highest BCUT2D eigenvalue weighted by molar-refractivity contribution is 5.35. The highest BCUT2D eigenvalue weighted by Gasteiger charge is 2.11. The smallest absolute Gasteiger partial charge is 0.269 e. The van der Waals surface area contributed by atoms with E-state index in [1.165, 1.54) is 12.1 Å². The van der Waals surface area contributed by atoms with Crippen molar-refractivity contribution in [2.45, 2.75) is 6.04 Å². The van der Waals surface area contributed by atoms with Crippen LogP contribution < -0.4 is 5.73 Å². The molecule has 5 nitrogen and oxygen atoms in total. The molecule has 2 N–H and O–H groups in total. The summed E-state index contributed by atoms with van der Waals surface area (Å²) in [6.45, 7) is 0.668. The number of nitrogens with two attached hydrogens (primary N) is 1. The van der Waals surface area contributed by atoms with Crippen LogP contribution in [0.1, 0.15) is 11.6 Å². The number of rotatable bonds is 4. The third-order valence-corrected chi connectivity index (χ3v) is 2.07. The molecule has 0 fully saturated rings. The van der Waals surface area contributed by atoms with E-state index >= 15 is 0 Å². The Bertz CT molecular complexity index is 352. The fourth-order valence-electron chi connectivity index (χ4n) is 1.37. The van der Waals surface area contributed by atoms with Gasteiger partial charge >= 0.3 is 0 Å². The third-order valence-electron chi connectivity index (χ3n) is 2.07. The highest BCUT2D eigenvalue weighted by atomic mass is 16.6. The maximum absolute atomic E-state index is 10.6. The molecule has 1 aromatic rings. The first-order valence-corrected chi connectivity index (χ1v) is 4.65. The summed E-state index contributed by atoms with van der Waals surface area (Å²) < 4.78 is 0. The van der Waals surface area contributed by atoms with Crippen molar-refractivity contribution >= 4 is 5.69 Å². The molecule has 0 aliphatic rings. The van der Waals surface area contributed by atoms with E-state index in [1.54, 1.807) is 12.1 Å². The number of hydrogen-bond acceptors (Lipinski definition) is 4. The van der Waals surface area contributed by atoms with E-state index in [2.05, 4.69) is 0 Å². The number of nitrogens with zero attached hydrogens (tertiary/aromatic N) is 2. The summed E-state index contributed by atoms with van der Waals surface area (Å²) in [5.41, 5.74) is 6.78. The summed E-state index contributed by atoms with van der Waals surface area (Å²) in [5.74, 6) is 0. The number of non-ortho nitro benzene ring substituents is 1. The van der Waals surface area contributed by atoms with Crippen molar-refractivity contribution in [3.8, 4) is 0 Å². The van der Waals surface area contributed by atoms with Gasteiger partial charge in [-0.05, 0) is 19.7 Å². The van der Waals surface area contributed by atoms with Gasteiger partial charge in [0.25, 0.3) is 5.69 Å². The summed E-state index contributed by atoms with van der Waals surface area (Å²) in [7, 11) is 3.83. The molecule has 0 aromatic heterocycles. The van der Waals surface area contributed by atoms with Gasteiger partial charge in [0.2, 0.25) is 0 Å². The molecule has 82 valence electrons. The van der Waals surface area contributed by atoms with Crippen molar-refractivity contribution in [2.24, 2.45) is 5.73 Å². The van der Waals surface area contributed by atoms with Crippen LogP contribution in [0, 0.1) is 10.1 Å². The summed E-state index contributed by atoms with van der Waals surface area (Å²) in [4.78, 5) is 12.1. The number of nitro benzene ring substituents is 1. The van der Waals surface area contributed by atoms with Gasteiger partial charge in [-0.25, -0.2) is 0 Å². The van der Waals surface area contributed by atoms with Crippen LogP contribution in [0.5, 0.6) is 0 Å². The van der Waals surface area contributed by atoms with Crippen LogP contribution >= 0.6 is 0 Å². The number of nitro groups is 1. The lowest BCUT2D eigenvalue weighted by atomic mass is 10.1. The second kappa shape index (κ2) is 4.86. The van der Waals surface area contributed by atoms with Crippen molar-refractivity contribution in [3.63, 3.8) is 0 Å². The summed E-state index contributed by atoms with van der Waals surface area (Å²) in [6.07, 6.45) is 0. The van der Waals surface area contributed by atoms with E-state index in [1.807, 2.05) is 19.0 Å². The van der Waals surface area contributed by atoms with E-state index in [4.69, 9.17) is 5.73 Å². The zero-order chi connectivity index (χ0) is 11.4. The predicted octanol–water partition coefficient (Wildman–Crippen LogP) is 1.16. The standard InChI is InChI=1S/C10H15N3O2/c1-12(2)7-10(11)8-4-3-5-9(6-8)13(14)15/h3-6,10H,7,11H2,1-2H3. The Kier molecular flexibility index (Phi) is 3.76. The molecular weight excluding hydrogens is 194 g/mol. The quantitative estimate of drug-likeness (QED) is 0.596. The first-order valence-electron chi connectivity index (χ1n) is 4.65. The fraction of sp³-hybridized carbons (Fsp3) is 0.400. The molecule has 0 spiro atoms. The zero-order valence-electron chi connectivity index (χ0n) is 8.88. The minimum absolute atomic E-state index is 0.0849. The normalized spacial score (nSPS) is 12.8. The molecule has 0 aliphatic carbocycles. The van der Waals surface area contributed by atoms with Crippen LogP contribution in [0.4, 0.5) is 5.69 Å². The maximum atomic E-state index is 10.6.